The minimum atomic E-state index is 0.113. The van der Waals surface area contributed by atoms with Crippen molar-refractivity contribution in [1.82, 2.24) is 19.7 Å². The van der Waals surface area contributed by atoms with Crippen LogP contribution in [0.2, 0.25) is 0 Å². The lowest BCUT2D eigenvalue weighted by molar-refractivity contribution is -0.118. The zero-order chi connectivity index (χ0) is 20.7. The van der Waals surface area contributed by atoms with E-state index in [-0.39, 0.29) is 5.91 Å². The van der Waals surface area contributed by atoms with Crippen molar-refractivity contribution in [2.24, 2.45) is 0 Å². The first-order valence-corrected chi connectivity index (χ1v) is 10.1. The van der Waals surface area contributed by atoms with Crippen LogP contribution in [0.25, 0.3) is 5.95 Å². The maximum Gasteiger partial charge on any atom is 0.251 e. The van der Waals surface area contributed by atoms with E-state index < -0.39 is 0 Å². The molecule has 1 aromatic carbocycles. The highest BCUT2D eigenvalue weighted by Gasteiger charge is 2.25. The van der Waals surface area contributed by atoms with E-state index in [1.807, 2.05) is 38.7 Å². The molecule has 29 heavy (non-hydrogen) atoms. The molecule has 0 saturated carbocycles. The fourth-order valence-corrected chi connectivity index (χ4v) is 4.16. The van der Waals surface area contributed by atoms with Crippen molar-refractivity contribution in [2.75, 3.05) is 11.4 Å². The number of benzene rings is 1. The SMILES string of the molecule is Cc1ccc2c(c1)CCCN2C(=O)Cc1c(C)nn(-c2nc(C)cc(C)n2)c1C. The third-order valence-corrected chi connectivity index (χ3v) is 5.58. The van der Waals surface area contributed by atoms with E-state index in [0.717, 1.165) is 53.4 Å². The lowest BCUT2D eigenvalue weighted by Crippen LogP contribution is -2.36. The molecular weight excluding hydrogens is 362 g/mol. The molecule has 3 aromatic rings. The average molecular weight is 390 g/mol. The Hall–Kier alpha value is -3.02. The molecule has 0 unspecified atom stereocenters. The van der Waals surface area contributed by atoms with E-state index >= 15 is 0 Å². The second-order valence-electron chi connectivity index (χ2n) is 7.97. The Kier molecular flexibility index (Phi) is 4.94. The highest BCUT2D eigenvalue weighted by molar-refractivity contribution is 5.96. The van der Waals surface area contributed by atoms with Gasteiger partial charge in [0.05, 0.1) is 12.1 Å². The van der Waals surface area contributed by atoms with Gasteiger partial charge in [-0.2, -0.15) is 5.10 Å². The minimum Gasteiger partial charge on any atom is -0.312 e. The molecule has 1 aliphatic heterocycles. The molecule has 3 heterocycles. The fourth-order valence-electron chi connectivity index (χ4n) is 4.16. The topological polar surface area (TPSA) is 63.9 Å². The molecule has 0 radical (unpaired) electrons. The molecule has 6 heteroatoms. The molecule has 0 aliphatic carbocycles. The van der Waals surface area contributed by atoms with Gasteiger partial charge in [-0.25, -0.2) is 14.6 Å². The number of carbonyl (C=O) groups excluding carboxylic acids is 1. The number of rotatable bonds is 3. The molecule has 0 bridgehead atoms. The van der Waals surface area contributed by atoms with Crippen molar-refractivity contribution < 1.29 is 4.79 Å². The van der Waals surface area contributed by atoms with Gasteiger partial charge in [-0.3, -0.25) is 4.79 Å². The smallest absolute Gasteiger partial charge is 0.251 e. The van der Waals surface area contributed by atoms with Gasteiger partial charge in [-0.05, 0) is 65.2 Å². The van der Waals surface area contributed by atoms with Gasteiger partial charge in [-0.15, -0.1) is 0 Å². The average Bonchev–Trinajstić information content (AvgIpc) is 2.94. The summed E-state index contributed by atoms with van der Waals surface area (Å²) < 4.78 is 1.76. The lowest BCUT2D eigenvalue weighted by Gasteiger charge is -2.30. The molecule has 1 amide bonds. The maximum absolute atomic E-state index is 13.2. The Balaban J connectivity index is 1.64. The molecular formula is C23H27N5O. The normalized spacial score (nSPS) is 13.5. The monoisotopic (exact) mass is 389 g/mol. The molecule has 150 valence electrons. The van der Waals surface area contributed by atoms with E-state index in [0.29, 0.717) is 12.4 Å². The van der Waals surface area contributed by atoms with Crippen LogP contribution < -0.4 is 4.90 Å². The van der Waals surface area contributed by atoms with E-state index in [1.165, 1.54) is 11.1 Å². The number of nitrogens with zero attached hydrogens (tertiary/aromatic N) is 5. The van der Waals surface area contributed by atoms with Crippen LogP contribution >= 0.6 is 0 Å². The highest BCUT2D eigenvalue weighted by atomic mass is 16.2. The molecule has 0 atom stereocenters. The molecule has 0 N–H and O–H groups in total. The molecule has 0 fully saturated rings. The summed E-state index contributed by atoms with van der Waals surface area (Å²) in [4.78, 5) is 24.2. The third-order valence-electron chi connectivity index (χ3n) is 5.58. The van der Waals surface area contributed by atoms with Crippen molar-refractivity contribution in [3.63, 3.8) is 0 Å². The van der Waals surface area contributed by atoms with Crippen molar-refractivity contribution in [1.29, 1.82) is 0 Å². The van der Waals surface area contributed by atoms with E-state index in [9.17, 15) is 4.79 Å². The molecule has 4 rings (SSSR count). The number of aromatic nitrogens is 4. The Morgan fingerprint density at radius 1 is 1.03 bits per heavy atom. The van der Waals surface area contributed by atoms with Crippen LogP contribution in [0.1, 0.15) is 45.9 Å². The summed E-state index contributed by atoms with van der Waals surface area (Å²) in [6.07, 6.45) is 2.35. The number of hydrogen-bond donors (Lipinski definition) is 0. The summed E-state index contributed by atoms with van der Waals surface area (Å²) >= 11 is 0. The Bertz CT molecular complexity index is 1080. The molecule has 0 spiro atoms. The standard InChI is InChI=1S/C23H27N5O/c1-14-8-9-21-19(11-14)7-6-10-27(21)22(29)13-20-17(4)26-28(18(20)5)23-24-15(2)12-16(3)25-23/h8-9,11-12H,6-7,10,13H2,1-5H3. The number of carbonyl (C=O) groups is 1. The van der Waals surface area contributed by atoms with E-state index in [1.54, 1.807) is 4.68 Å². The van der Waals surface area contributed by atoms with Gasteiger partial charge < -0.3 is 4.90 Å². The van der Waals surface area contributed by atoms with Crippen LogP contribution in [0.5, 0.6) is 0 Å². The van der Waals surface area contributed by atoms with Gasteiger partial charge in [-0.1, -0.05) is 17.7 Å². The van der Waals surface area contributed by atoms with Gasteiger partial charge in [0, 0.05) is 34.9 Å². The third kappa shape index (κ3) is 3.67. The van der Waals surface area contributed by atoms with Gasteiger partial charge in [0.2, 0.25) is 5.91 Å². The summed E-state index contributed by atoms with van der Waals surface area (Å²) in [5.74, 6) is 0.669. The van der Waals surface area contributed by atoms with Crippen LogP contribution in [0.4, 0.5) is 5.69 Å². The number of aryl methyl sites for hydroxylation is 5. The fraction of sp³-hybridized carbons (Fsp3) is 0.391. The zero-order valence-corrected chi connectivity index (χ0v) is 17.8. The quantitative estimate of drug-likeness (QED) is 0.685. The number of hydrogen-bond acceptors (Lipinski definition) is 4. The summed E-state index contributed by atoms with van der Waals surface area (Å²) in [7, 11) is 0. The largest absolute Gasteiger partial charge is 0.312 e. The van der Waals surface area contributed by atoms with Crippen LogP contribution in [0.15, 0.2) is 24.3 Å². The molecule has 6 nitrogen and oxygen atoms in total. The van der Waals surface area contributed by atoms with Crippen molar-refractivity contribution >= 4 is 11.6 Å². The predicted molar refractivity (Wildman–Crippen MR) is 114 cm³/mol. The van der Waals surface area contributed by atoms with Crippen LogP contribution in [-0.2, 0) is 17.6 Å². The second kappa shape index (κ2) is 7.43. The van der Waals surface area contributed by atoms with Crippen molar-refractivity contribution in [2.45, 2.75) is 53.9 Å². The van der Waals surface area contributed by atoms with Crippen LogP contribution in [0.3, 0.4) is 0 Å². The zero-order valence-electron chi connectivity index (χ0n) is 17.8. The van der Waals surface area contributed by atoms with Gasteiger partial charge in [0.15, 0.2) is 0 Å². The Morgan fingerprint density at radius 2 is 1.76 bits per heavy atom. The second-order valence-corrected chi connectivity index (χ2v) is 7.97. The van der Waals surface area contributed by atoms with Crippen molar-refractivity contribution in [3.8, 4) is 5.95 Å². The summed E-state index contributed by atoms with van der Waals surface area (Å²) in [6, 6.07) is 8.29. The number of anilines is 1. The number of fused-ring (bicyclic) bond motifs is 1. The first-order valence-electron chi connectivity index (χ1n) is 10.1. The summed E-state index contributed by atoms with van der Waals surface area (Å²) in [6.45, 7) is 10.7. The molecule has 2 aromatic heterocycles. The highest BCUT2D eigenvalue weighted by Crippen LogP contribution is 2.29. The van der Waals surface area contributed by atoms with Crippen LogP contribution in [-0.4, -0.2) is 32.2 Å². The molecule has 1 aliphatic rings. The van der Waals surface area contributed by atoms with E-state index in [2.05, 4.69) is 40.2 Å². The first kappa shape index (κ1) is 19.3. The van der Waals surface area contributed by atoms with E-state index in [4.69, 9.17) is 0 Å². The molecule has 0 saturated heterocycles. The van der Waals surface area contributed by atoms with Gasteiger partial charge in [0.1, 0.15) is 0 Å². The van der Waals surface area contributed by atoms with Crippen molar-refractivity contribution in [3.05, 3.63) is 63.7 Å². The van der Waals surface area contributed by atoms with Crippen LogP contribution in [0, 0.1) is 34.6 Å². The summed E-state index contributed by atoms with van der Waals surface area (Å²) in [5, 5.41) is 4.64. The maximum atomic E-state index is 13.2. The minimum absolute atomic E-state index is 0.113. The first-order chi connectivity index (χ1) is 13.8. The lowest BCUT2D eigenvalue weighted by atomic mass is 9.98. The van der Waals surface area contributed by atoms with Gasteiger partial charge >= 0.3 is 0 Å². The summed E-state index contributed by atoms with van der Waals surface area (Å²) in [5.41, 5.74) is 8.07. The Morgan fingerprint density at radius 3 is 2.48 bits per heavy atom. The predicted octanol–water partition coefficient (Wildman–Crippen LogP) is 3.73. The Labute approximate surface area is 171 Å². The van der Waals surface area contributed by atoms with Gasteiger partial charge in [0.25, 0.3) is 5.95 Å². The number of amides is 1.